The lowest BCUT2D eigenvalue weighted by Crippen LogP contribution is -2.44. The Morgan fingerprint density at radius 3 is 2.68 bits per heavy atom. The van der Waals surface area contributed by atoms with Crippen molar-refractivity contribution in [2.45, 2.75) is 70.0 Å². The van der Waals surface area contributed by atoms with Crippen LogP contribution in [0.1, 0.15) is 54.9 Å². The van der Waals surface area contributed by atoms with Gasteiger partial charge in [0, 0.05) is 18.0 Å². The monoisotopic (exact) mass is 400 g/mol. The molecule has 2 N–H and O–H groups in total. The summed E-state index contributed by atoms with van der Waals surface area (Å²) in [5.41, 5.74) is 2.55. The van der Waals surface area contributed by atoms with E-state index in [4.69, 9.17) is 4.99 Å². The predicted octanol–water partition coefficient (Wildman–Crippen LogP) is 3.72. The van der Waals surface area contributed by atoms with Crippen molar-refractivity contribution < 1.29 is 0 Å². The van der Waals surface area contributed by atoms with Crippen molar-refractivity contribution in [3.63, 3.8) is 0 Å². The third-order valence-electron chi connectivity index (χ3n) is 5.39. The Morgan fingerprint density at radius 2 is 2.00 bits per heavy atom. The van der Waals surface area contributed by atoms with Crippen LogP contribution in [-0.4, -0.2) is 33.0 Å². The van der Waals surface area contributed by atoms with Crippen LogP contribution in [0.5, 0.6) is 0 Å². The molecule has 0 atom stereocenters. The average Bonchev–Trinajstić information content (AvgIpc) is 3.03. The zero-order chi connectivity index (χ0) is 19.9. The number of guanidine groups is 1. The Labute approximate surface area is 172 Å². The largest absolute Gasteiger partial charge is 0.354 e. The number of rotatable bonds is 6. The smallest absolute Gasteiger partial charge is 0.192 e. The van der Waals surface area contributed by atoms with Crippen LogP contribution in [0.2, 0.25) is 0 Å². The summed E-state index contributed by atoms with van der Waals surface area (Å²) in [5, 5.41) is 15.5. The van der Waals surface area contributed by atoms with Gasteiger partial charge in [-0.25, -0.2) is 4.99 Å². The zero-order valence-corrected chi connectivity index (χ0v) is 18.3. The second kappa shape index (κ2) is 9.96. The second-order valence-electron chi connectivity index (χ2n) is 7.54. The van der Waals surface area contributed by atoms with Gasteiger partial charge >= 0.3 is 0 Å². The third-order valence-corrected chi connectivity index (χ3v) is 6.21. The molecule has 7 heteroatoms. The van der Waals surface area contributed by atoms with Gasteiger partial charge in [-0.3, -0.25) is 0 Å². The van der Waals surface area contributed by atoms with Crippen molar-refractivity contribution in [1.82, 2.24) is 25.4 Å². The molecule has 1 aromatic heterocycles. The Morgan fingerprint density at radius 1 is 1.21 bits per heavy atom. The van der Waals surface area contributed by atoms with E-state index in [-0.39, 0.29) is 0 Å². The fourth-order valence-electron chi connectivity index (χ4n) is 3.51. The van der Waals surface area contributed by atoms with E-state index in [0.29, 0.717) is 19.1 Å². The van der Waals surface area contributed by atoms with Crippen LogP contribution >= 0.6 is 11.8 Å². The van der Waals surface area contributed by atoms with Crippen molar-refractivity contribution in [2.75, 3.05) is 6.26 Å². The molecule has 1 aliphatic rings. The van der Waals surface area contributed by atoms with Crippen LogP contribution in [0.15, 0.2) is 28.1 Å². The van der Waals surface area contributed by atoms with E-state index in [2.05, 4.69) is 52.2 Å². The molecule has 0 amide bonds. The van der Waals surface area contributed by atoms with Crippen LogP contribution in [0.4, 0.5) is 0 Å². The lowest BCUT2D eigenvalue weighted by Gasteiger charge is -2.25. The molecule has 3 rings (SSSR count). The number of benzene rings is 1. The first kappa shape index (κ1) is 20.7. The minimum Gasteiger partial charge on any atom is -0.354 e. The summed E-state index contributed by atoms with van der Waals surface area (Å²) in [6, 6.07) is 7.09. The SMILES string of the molecule is CSc1cc(C)ccc1CN=C(NCc1nnc(C)n1C)NC1CCCCC1. The van der Waals surface area contributed by atoms with Gasteiger partial charge in [-0.2, -0.15) is 0 Å². The summed E-state index contributed by atoms with van der Waals surface area (Å²) in [6.07, 6.45) is 8.48. The van der Waals surface area contributed by atoms with Gasteiger partial charge in [0.25, 0.3) is 0 Å². The van der Waals surface area contributed by atoms with E-state index in [0.717, 1.165) is 17.6 Å². The molecule has 1 heterocycles. The van der Waals surface area contributed by atoms with Gasteiger partial charge in [0.2, 0.25) is 0 Å². The summed E-state index contributed by atoms with van der Waals surface area (Å²) in [5.74, 6) is 2.69. The van der Waals surface area contributed by atoms with Gasteiger partial charge in [-0.15, -0.1) is 22.0 Å². The van der Waals surface area contributed by atoms with Crippen LogP contribution in [-0.2, 0) is 20.1 Å². The van der Waals surface area contributed by atoms with E-state index in [1.165, 1.54) is 48.1 Å². The van der Waals surface area contributed by atoms with Crippen molar-refractivity contribution in [2.24, 2.45) is 12.0 Å². The van der Waals surface area contributed by atoms with Gasteiger partial charge in [0.1, 0.15) is 5.82 Å². The summed E-state index contributed by atoms with van der Waals surface area (Å²) in [7, 11) is 1.99. The maximum absolute atomic E-state index is 4.90. The molecule has 0 bridgehead atoms. The highest BCUT2D eigenvalue weighted by molar-refractivity contribution is 7.98. The van der Waals surface area contributed by atoms with Crippen molar-refractivity contribution >= 4 is 17.7 Å². The van der Waals surface area contributed by atoms with Gasteiger partial charge < -0.3 is 15.2 Å². The Hall–Kier alpha value is -2.02. The molecule has 6 nitrogen and oxygen atoms in total. The van der Waals surface area contributed by atoms with Crippen LogP contribution in [0.3, 0.4) is 0 Å². The molecule has 0 spiro atoms. The molecule has 2 aromatic rings. The molecule has 1 fully saturated rings. The maximum Gasteiger partial charge on any atom is 0.192 e. The number of aryl methyl sites for hydroxylation is 2. The molecule has 0 radical (unpaired) electrons. The van der Waals surface area contributed by atoms with E-state index in [1.807, 2.05) is 18.5 Å². The van der Waals surface area contributed by atoms with E-state index < -0.39 is 0 Å². The Balaban J connectivity index is 1.72. The van der Waals surface area contributed by atoms with Gasteiger partial charge in [-0.05, 0) is 50.1 Å². The van der Waals surface area contributed by atoms with Gasteiger partial charge in [0.15, 0.2) is 11.8 Å². The van der Waals surface area contributed by atoms with E-state index in [9.17, 15) is 0 Å². The number of thioether (sulfide) groups is 1. The first-order valence-electron chi connectivity index (χ1n) is 10.1. The van der Waals surface area contributed by atoms with Crippen molar-refractivity contribution in [3.05, 3.63) is 41.0 Å². The first-order valence-corrected chi connectivity index (χ1v) is 11.3. The summed E-state index contributed by atoms with van der Waals surface area (Å²) in [4.78, 5) is 6.20. The number of aliphatic imine (C=N–C) groups is 1. The number of hydrogen-bond acceptors (Lipinski definition) is 4. The lowest BCUT2D eigenvalue weighted by atomic mass is 9.96. The fraction of sp³-hybridized carbons (Fsp3) is 0.571. The number of hydrogen-bond donors (Lipinski definition) is 2. The van der Waals surface area contributed by atoms with Crippen LogP contribution < -0.4 is 10.6 Å². The first-order chi connectivity index (χ1) is 13.6. The van der Waals surface area contributed by atoms with Crippen LogP contribution in [0.25, 0.3) is 0 Å². The number of nitrogens with one attached hydrogen (secondary N) is 2. The maximum atomic E-state index is 4.90. The highest BCUT2D eigenvalue weighted by atomic mass is 32.2. The molecule has 1 saturated carbocycles. The normalized spacial score (nSPS) is 15.6. The van der Waals surface area contributed by atoms with Crippen LogP contribution in [0, 0.1) is 13.8 Å². The van der Waals surface area contributed by atoms with E-state index >= 15 is 0 Å². The lowest BCUT2D eigenvalue weighted by molar-refractivity contribution is 0.409. The molecular formula is C21H32N6S. The van der Waals surface area contributed by atoms with E-state index in [1.54, 1.807) is 11.8 Å². The highest BCUT2D eigenvalue weighted by Gasteiger charge is 2.15. The van der Waals surface area contributed by atoms with Crippen molar-refractivity contribution in [3.8, 4) is 0 Å². The Kier molecular flexibility index (Phi) is 7.36. The molecule has 0 aliphatic heterocycles. The molecule has 28 heavy (non-hydrogen) atoms. The van der Waals surface area contributed by atoms with Crippen molar-refractivity contribution in [1.29, 1.82) is 0 Å². The summed E-state index contributed by atoms with van der Waals surface area (Å²) in [6.45, 7) is 5.37. The minimum absolute atomic E-state index is 0.499. The topological polar surface area (TPSA) is 67.1 Å². The average molecular weight is 401 g/mol. The highest BCUT2D eigenvalue weighted by Crippen LogP contribution is 2.22. The van der Waals surface area contributed by atoms with Gasteiger partial charge in [-0.1, -0.05) is 31.4 Å². The van der Waals surface area contributed by atoms with Gasteiger partial charge in [0.05, 0.1) is 13.1 Å². The summed E-state index contributed by atoms with van der Waals surface area (Å²) < 4.78 is 2.01. The quantitative estimate of drug-likeness (QED) is 0.439. The Bertz CT molecular complexity index is 807. The summed E-state index contributed by atoms with van der Waals surface area (Å²) >= 11 is 1.78. The molecule has 0 saturated heterocycles. The zero-order valence-electron chi connectivity index (χ0n) is 17.5. The molecular weight excluding hydrogens is 368 g/mol. The minimum atomic E-state index is 0.499. The standard InChI is InChI=1S/C21H32N6S/c1-15-10-11-17(19(12-15)28-4)13-22-21(24-18-8-6-5-7-9-18)23-14-20-26-25-16(2)27(20)3/h10-12,18H,5-9,13-14H2,1-4H3,(H2,22,23,24). The molecule has 152 valence electrons. The molecule has 1 aliphatic carbocycles. The third kappa shape index (κ3) is 5.50. The predicted molar refractivity (Wildman–Crippen MR) is 117 cm³/mol. The molecule has 1 aromatic carbocycles. The molecule has 0 unspecified atom stereocenters. The fourth-order valence-corrected chi connectivity index (χ4v) is 4.21. The number of aromatic nitrogens is 3. The second-order valence-corrected chi connectivity index (χ2v) is 8.38. The number of nitrogens with zero attached hydrogens (tertiary/aromatic N) is 4.